The Balaban J connectivity index is 1.12. The zero-order valence-corrected chi connectivity index (χ0v) is 31.2. The van der Waals surface area contributed by atoms with Crippen molar-refractivity contribution in [2.75, 3.05) is 0 Å². The van der Waals surface area contributed by atoms with Crippen LogP contribution in [-0.4, -0.2) is 19.9 Å². The second kappa shape index (κ2) is 13.8. The molecule has 0 unspecified atom stereocenters. The summed E-state index contributed by atoms with van der Waals surface area (Å²) >= 11 is 0. The van der Waals surface area contributed by atoms with Gasteiger partial charge in [-0.15, -0.1) is 0 Å². The van der Waals surface area contributed by atoms with E-state index in [0.717, 1.165) is 97.8 Å². The summed E-state index contributed by atoms with van der Waals surface area (Å²) in [5.41, 5.74) is 13.6. The van der Waals surface area contributed by atoms with Crippen LogP contribution < -0.4 is 0 Å². The molecular weight excluding hydrogens is 697 g/mol. The fraction of sp³-hybridized carbons (Fsp3) is 0.0769. The number of aromatic nitrogens is 4. The molecular formula is C52H36N4O. The Morgan fingerprint density at radius 2 is 1.05 bits per heavy atom. The number of allylic oxidation sites excluding steroid dienone is 5. The smallest absolute Gasteiger partial charge is 0.164 e. The van der Waals surface area contributed by atoms with Crippen LogP contribution in [0.25, 0.3) is 101 Å². The highest BCUT2D eigenvalue weighted by molar-refractivity contribution is 6.24. The second-order valence-electron chi connectivity index (χ2n) is 14.7. The summed E-state index contributed by atoms with van der Waals surface area (Å²) in [5, 5.41) is 4.46. The maximum atomic E-state index is 6.67. The van der Waals surface area contributed by atoms with E-state index in [1.54, 1.807) is 0 Å². The molecule has 2 aliphatic carbocycles. The molecule has 0 atom stereocenters. The Bertz CT molecular complexity index is 3090. The van der Waals surface area contributed by atoms with E-state index in [1.165, 1.54) is 22.1 Å². The normalized spacial score (nSPS) is 13.6. The van der Waals surface area contributed by atoms with Crippen LogP contribution in [0, 0.1) is 0 Å². The minimum Gasteiger partial charge on any atom is -0.456 e. The van der Waals surface area contributed by atoms with Crippen LogP contribution in [0.15, 0.2) is 168 Å². The van der Waals surface area contributed by atoms with Crippen LogP contribution in [0.4, 0.5) is 0 Å². The second-order valence-corrected chi connectivity index (χ2v) is 14.7. The summed E-state index contributed by atoms with van der Waals surface area (Å²) in [6, 6.07) is 48.8. The highest BCUT2D eigenvalue weighted by atomic mass is 16.3. The predicted octanol–water partition coefficient (Wildman–Crippen LogP) is 13.3. The maximum absolute atomic E-state index is 6.67. The topological polar surface area (TPSA) is 64.7 Å². The van der Waals surface area contributed by atoms with Crippen molar-refractivity contribution in [3.05, 3.63) is 181 Å². The first-order chi connectivity index (χ1) is 28.2. The monoisotopic (exact) mass is 732 g/mol. The van der Waals surface area contributed by atoms with E-state index in [2.05, 4.69) is 134 Å². The average Bonchev–Trinajstić information content (AvgIpc) is 3.67. The van der Waals surface area contributed by atoms with Crippen molar-refractivity contribution in [2.24, 2.45) is 0 Å². The van der Waals surface area contributed by atoms with Crippen LogP contribution in [0.3, 0.4) is 0 Å². The quantitative estimate of drug-likeness (QED) is 0.170. The standard InChI is InChI=1S/C52H36N4O/c1-4-14-33(15-5-1)34-24-28-36(29-25-34)49-42-32-45-48(41-21-11-13-23-44(41)57-45)46(47(42)40-20-10-12-22-43(40)53-49)35-26-30-39(31-27-35)52-55-50(37-16-6-2-7-17-37)54-51(56-52)38-18-8-3-9-19-38/h1-2,4-8,10-11,13-21,23-32H,3,9,12,22H2. The number of furan rings is 1. The molecule has 0 N–H and O–H groups in total. The van der Waals surface area contributed by atoms with Crippen LogP contribution >= 0.6 is 0 Å². The Morgan fingerprint density at radius 3 is 1.81 bits per heavy atom. The number of aryl methyl sites for hydroxylation is 1. The van der Waals surface area contributed by atoms with E-state index in [-0.39, 0.29) is 0 Å². The van der Waals surface area contributed by atoms with Gasteiger partial charge in [0.15, 0.2) is 17.5 Å². The summed E-state index contributed by atoms with van der Waals surface area (Å²) in [4.78, 5) is 20.4. The molecule has 5 heteroatoms. The van der Waals surface area contributed by atoms with Crippen LogP contribution in [-0.2, 0) is 6.42 Å². The lowest BCUT2D eigenvalue weighted by Crippen LogP contribution is -2.03. The van der Waals surface area contributed by atoms with Crippen molar-refractivity contribution in [3.63, 3.8) is 0 Å². The van der Waals surface area contributed by atoms with Crippen LogP contribution in [0.1, 0.15) is 36.3 Å². The minimum absolute atomic E-state index is 0.646. The van der Waals surface area contributed by atoms with Crippen molar-refractivity contribution in [1.82, 2.24) is 19.9 Å². The van der Waals surface area contributed by atoms with Gasteiger partial charge in [-0.25, -0.2) is 15.0 Å². The summed E-state index contributed by atoms with van der Waals surface area (Å²) in [7, 11) is 0. The van der Waals surface area contributed by atoms with Gasteiger partial charge in [0, 0.05) is 60.6 Å². The third-order valence-electron chi connectivity index (χ3n) is 11.2. The summed E-state index contributed by atoms with van der Waals surface area (Å²) in [6.07, 6.45) is 14.9. The molecule has 2 aliphatic rings. The first kappa shape index (κ1) is 33.1. The minimum atomic E-state index is 0.646. The zero-order valence-electron chi connectivity index (χ0n) is 31.2. The number of nitrogens with zero attached hydrogens (tertiary/aromatic N) is 4. The Morgan fingerprint density at radius 1 is 0.439 bits per heavy atom. The zero-order chi connectivity index (χ0) is 37.7. The molecule has 270 valence electrons. The van der Waals surface area contributed by atoms with E-state index in [9.17, 15) is 0 Å². The number of para-hydroxylation sites is 1. The molecule has 3 heterocycles. The molecule has 0 radical (unpaired) electrons. The van der Waals surface area contributed by atoms with E-state index in [4.69, 9.17) is 24.4 Å². The molecule has 11 rings (SSSR count). The molecule has 0 bridgehead atoms. The molecule has 0 fully saturated rings. The molecule has 9 aromatic rings. The van der Waals surface area contributed by atoms with E-state index in [0.29, 0.717) is 17.5 Å². The first-order valence-corrected chi connectivity index (χ1v) is 19.7. The number of hydrogen-bond acceptors (Lipinski definition) is 5. The highest BCUT2D eigenvalue weighted by Crippen LogP contribution is 2.47. The highest BCUT2D eigenvalue weighted by Gasteiger charge is 2.24. The largest absolute Gasteiger partial charge is 0.456 e. The number of benzene rings is 6. The Labute approximate surface area is 330 Å². The Hall–Kier alpha value is -7.24. The van der Waals surface area contributed by atoms with Gasteiger partial charge in [0.05, 0.1) is 5.69 Å². The van der Waals surface area contributed by atoms with Gasteiger partial charge >= 0.3 is 0 Å². The van der Waals surface area contributed by atoms with Crippen molar-refractivity contribution in [3.8, 4) is 56.3 Å². The van der Waals surface area contributed by atoms with Crippen molar-refractivity contribution in [2.45, 2.75) is 25.7 Å². The average molecular weight is 733 g/mol. The lowest BCUT2D eigenvalue weighted by molar-refractivity contribution is 0.669. The van der Waals surface area contributed by atoms with Gasteiger partial charge in [-0.05, 0) is 54.5 Å². The predicted molar refractivity (Wildman–Crippen MR) is 233 cm³/mol. The lowest BCUT2D eigenvalue weighted by Gasteiger charge is -2.20. The number of rotatable bonds is 6. The molecule has 5 nitrogen and oxygen atoms in total. The summed E-state index contributed by atoms with van der Waals surface area (Å²) < 4.78 is 6.67. The van der Waals surface area contributed by atoms with Gasteiger partial charge in [0.2, 0.25) is 0 Å². The summed E-state index contributed by atoms with van der Waals surface area (Å²) in [5.74, 6) is 2.00. The molecule has 3 aromatic heterocycles. The van der Waals surface area contributed by atoms with Crippen molar-refractivity contribution in [1.29, 1.82) is 0 Å². The molecule has 0 aliphatic heterocycles. The van der Waals surface area contributed by atoms with E-state index >= 15 is 0 Å². The van der Waals surface area contributed by atoms with Crippen LogP contribution in [0.5, 0.6) is 0 Å². The molecule has 57 heavy (non-hydrogen) atoms. The lowest BCUT2D eigenvalue weighted by atomic mass is 9.86. The van der Waals surface area contributed by atoms with Crippen molar-refractivity contribution >= 4 is 44.4 Å². The Kier molecular flexibility index (Phi) is 8.02. The van der Waals surface area contributed by atoms with Gasteiger partial charge in [-0.1, -0.05) is 158 Å². The third-order valence-corrected chi connectivity index (χ3v) is 11.2. The van der Waals surface area contributed by atoms with Gasteiger partial charge in [0.1, 0.15) is 11.2 Å². The third kappa shape index (κ3) is 5.87. The molecule has 6 aromatic carbocycles. The van der Waals surface area contributed by atoms with Crippen molar-refractivity contribution < 1.29 is 4.42 Å². The molecule has 0 amide bonds. The fourth-order valence-electron chi connectivity index (χ4n) is 8.42. The molecule has 0 saturated heterocycles. The maximum Gasteiger partial charge on any atom is 0.164 e. The van der Waals surface area contributed by atoms with Gasteiger partial charge in [-0.2, -0.15) is 0 Å². The SMILES string of the molecule is C1=CC(c2nc(-c3ccccc3)nc(-c3ccc(-c4c5c6c(nc(-c7ccc(-c8ccccc8)cc7)c5cc5oc7ccccc7c45)CCC=C6)cc3)n2)=CCC1. The molecule has 0 saturated carbocycles. The fourth-order valence-corrected chi connectivity index (χ4v) is 8.42. The van der Waals surface area contributed by atoms with Gasteiger partial charge < -0.3 is 4.42 Å². The first-order valence-electron chi connectivity index (χ1n) is 19.7. The van der Waals surface area contributed by atoms with E-state index < -0.39 is 0 Å². The summed E-state index contributed by atoms with van der Waals surface area (Å²) in [6.45, 7) is 0. The van der Waals surface area contributed by atoms with E-state index in [1.807, 2.05) is 36.4 Å². The number of fused-ring (bicyclic) bond motifs is 6. The molecule has 0 spiro atoms. The number of pyridine rings is 1. The van der Waals surface area contributed by atoms with Gasteiger partial charge in [-0.3, -0.25) is 4.98 Å². The number of hydrogen-bond donors (Lipinski definition) is 0. The van der Waals surface area contributed by atoms with Gasteiger partial charge in [0.25, 0.3) is 0 Å². The van der Waals surface area contributed by atoms with Crippen LogP contribution in [0.2, 0.25) is 0 Å².